The second kappa shape index (κ2) is 7.43. The van der Waals surface area contributed by atoms with Gasteiger partial charge in [0.15, 0.2) is 0 Å². The minimum atomic E-state index is -0.762. The lowest BCUT2D eigenvalue weighted by molar-refractivity contribution is 0.0999. The SMILES string of the molecule is CCCCCC(CC)c1nc(Cl)c(C(N)=O)cc1F. The first-order valence-corrected chi connectivity index (χ1v) is 7.04. The van der Waals surface area contributed by atoms with Crippen LogP contribution in [0.25, 0.3) is 0 Å². The van der Waals surface area contributed by atoms with Crippen molar-refractivity contribution in [3.8, 4) is 0 Å². The first kappa shape index (κ1) is 15.9. The lowest BCUT2D eigenvalue weighted by Gasteiger charge is -2.16. The van der Waals surface area contributed by atoms with Gasteiger partial charge in [-0.2, -0.15) is 0 Å². The van der Waals surface area contributed by atoms with E-state index in [0.717, 1.165) is 38.2 Å². The number of aromatic nitrogens is 1. The number of primary amides is 1. The minimum Gasteiger partial charge on any atom is -0.366 e. The van der Waals surface area contributed by atoms with E-state index in [1.165, 1.54) is 0 Å². The first-order valence-electron chi connectivity index (χ1n) is 6.66. The summed E-state index contributed by atoms with van der Waals surface area (Å²) in [4.78, 5) is 15.1. The summed E-state index contributed by atoms with van der Waals surface area (Å²) in [6, 6.07) is 1.09. The highest BCUT2D eigenvalue weighted by atomic mass is 35.5. The van der Waals surface area contributed by atoms with Crippen molar-refractivity contribution in [2.24, 2.45) is 5.73 Å². The average Bonchev–Trinajstić information content (AvgIpc) is 2.37. The van der Waals surface area contributed by atoms with Crippen molar-refractivity contribution in [1.29, 1.82) is 0 Å². The predicted octanol–water partition coefficient (Wildman–Crippen LogP) is 4.05. The molecule has 0 saturated heterocycles. The molecule has 0 aliphatic carbocycles. The van der Waals surface area contributed by atoms with Gasteiger partial charge in [-0.3, -0.25) is 4.79 Å². The Balaban J connectivity index is 2.98. The fraction of sp³-hybridized carbons (Fsp3) is 0.571. The van der Waals surface area contributed by atoms with Crippen molar-refractivity contribution >= 4 is 17.5 Å². The van der Waals surface area contributed by atoms with Crippen molar-refractivity contribution in [1.82, 2.24) is 4.98 Å². The number of hydrogen-bond donors (Lipinski definition) is 1. The summed E-state index contributed by atoms with van der Waals surface area (Å²) < 4.78 is 14.0. The van der Waals surface area contributed by atoms with Crippen LogP contribution in [0, 0.1) is 5.82 Å². The molecule has 0 aromatic carbocycles. The Hall–Kier alpha value is -1.16. The zero-order chi connectivity index (χ0) is 14.4. The molecule has 0 bridgehead atoms. The molecule has 1 rings (SSSR count). The van der Waals surface area contributed by atoms with E-state index < -0.39 is 11.7 Å². The van der Waals surface area contributed by atoms with Gasteiger partial charge in [0.05, 0.1) is 11.3 Å². The fourth-order valence-electron chi connectivity index (χ4n) is 2.11. The Kier molecular flexibility index (Phi) is 6.22. The molecule has 5 heteroatoms. The molecule has 106 valence electrons. The van der Waals surface area contributed by atoms with Crippen molar-refractivity contribution in [3.05, 3.63) is 28.3 Å². The number of nitrogens with two attached hydrogens (primary N) is 1. The number of rotatable bonds is 7. The van der Waals surface area contributed by atoms with E-state index in [0.29, 0.717) is 5.69 Å². The quantitative estimate of drug-likeness (QED) is 0.607. The van der Waals surface area contributed by atoms with Crippen LogP contribution >= 0.6 is 11.6 Å². The molecule has 1 aromatic rings. The smallest absolute Gasteiger partial charge is 0.251 e. The van der Waals surface area contributed by atoms with E-state index >= 15 is 0 Å². The summed E-state index contributed by atoms with van der Waals surface area (Å²) in [5, 5.41) is -0.0159. The minimum absolute atomic E-state index is 0.0159. The van der Waals surface area contributed by atoms with Crippen molar-refractivity contribution in [2.75, 3.05) is 0 Å². The van der Waals surface area contributed by atoms with Crippen molar-refractivity contribution < 1.29 is 9.18 Å². The van der Waals surface area contributed by atoms with Gasteiger partial charge in [-0.25, -0.2) is 9.37 Å². The number of carbonyl (C=O) groups excluding carboxylic acids is 1. The molecule has 1 heterocycles. The van der Waals surface area contributed by atoms with Crippen LogP contribution in [0.3, 0.4) is 0 Å². The largest absolute Gasteiger partial charge is 0.366 e. The lowest BCUT2D eigenvalue weighted by Crippen LogP contribution is -2.15. The van der Waals surface area contributed by atoms with Crippen LogP contribution in [0.4, 0.5) is 4.39 Å². The molecule has 1 aromatic heterocycles. The molecule has 0 spiro atoms. The third-order valence-corrected chi connectivity index (χ3v) is 3.55. The topological polar surface area (TPSA) is 56.0 Å². The molecule has 0 aliphatic rings. The van der Waals surface area contributed by atoms with Gasteiger partial charge in [0.2, 0.25) is 0 Å². The molecule has 1 unspecified atom stereocenters. The van der Waals surface area contributed by atoms with E-state index in [2.05, 4.69) is 11.9 Å². The van der Waals surface area contributed by atoms with E-state index in [1.807, 2.05) is 6.92 Å². The van der Waals surface area contributed by atoms with E-state index in [4.69, 9.17) is 17.3 Å². The van der Waals surface area contributed by atoms with Crippen molar-refractivity contribution in [3.63, 3.8) is 0 Å². The number of hydrogen-bond acceptors (Lipinski definition) is 2. The molecule has 1 amide bonds. The highest BCUT2D eigenvalue weighted by Gasteiger charge is 2.20. The molecule has 2 N–H and O–H groups in total. The number of unbranched alkanes of at least 4 members (excludes halogenated alkanes) is 2. The Bertz CT molecular complexity index is 451. The monoisotopic (exact) mass is 286 g/mol. The highest BCUT2D eigenvalue weighted by Crippen LogP contribution is 2.29. The van der Waals surface area contributed by atoms with E-state index in [-0.39, 0.29) is 16.6 Å². The molecule has 1 atom stereocenters. The van der Waals surface area contributed by atoms with Gasteiger partial charge in [-0.15, -0.1) is 0 Å². The first-order chi connectivity index (χ1) is 9.01. The van der Waals surface area contributed by atoms with Crippen molar-refractivity contribution in [2.45, 2.75) is 51.9 Å². The molecular weight excluding hydrogens is 267 g/mol. The van der Waals surface area contributed by atoms with Crippen LogP contribution in [-0.4, -0.2) is 10.9 Å². The Morgan fingerprint density at radius 1 is 1.47 bits per heavy atom. The Morgan fingerprint density at radius 2 is 2.16 bits per heavy atom. The molecule has 19 heavy (non-hydrogen) atoms. The normalized spacial score (nSPS) is 12.4. The maximum atomic E-state index is 14.0. The van der Waals surface area contributed by atoms with Crippen LogP contribution in [-0.2, 0) is 0 Å². The molecule has 0 fully saturated rings. The van der Waals surface area contributed by atoms with Gasteiger partial charge in [-0.05, 0) is 18.9 Å². The summed E-state index contributed by atoms with van der Waals surface area (Å²) in [6.45, 7) is 4.12. The molecule has 3 nitrogen and oxygen atoms in total. The molecule has 0 saturated carbocycles. The summed E-state index contributed by atoms with van der Waals surface area (Å²) in [5.74, 6) is -1.23. The van der Waals surface area contributed by atoms with Crippen LogP contribution in [0.2, 0.25) is 5.15 Å². The fourth-order valence-corrected chi connectivity index (χ4v) is 2.35. The second-order valence-corrected chi connectivity index (χ2v) is 5.02. The number of carbonyl (C=O) groups is 1. The van der Waals surface area contributed by atoms with Crippen LogP contribution < -0.4 is 5.73 Å². The van der Waals surface area contributed by atoms with Crippen LogP contribution in [0.1, 0.15) is 67.9 Å². The number of halogens is 2. The third-order valence-electron chi connectivity index (χ3n) is 3.26. The maximum Gasteiger partial charge on any atom is 0.251 e. The maximum absolute atomic E-state index is 14.0. The van der Waals surface area contributed by atoms with Gasteiger partial charge >= 0.3 is 0 Å². The third kappa shape index (κ3) is 4.16. The zero-order valence-electron chi connectivity index (χ0n) is 11.4. The Labute approximate surface area is 118 Å². The number of pyridine rings is 1. The second-order valence-electron chi connectivity index (χ2n) is 4.66. The van der Waals surface area contributed by atoms with Gasteiger partial charge in [-0.1, -0.05) is 44.7 Å². The summed E-state index contributed by atoms with van der Waals surface area (Å²) in [6.07, 6.45) is 4.94. The molecular formula is C14H20ClFN2O. The Morgan fingerprint density at radius 3 is 2.68 bits per heavy atom. The zero-order valence-corrected chi connectivity index (χ0v) is 12.1. The number of nitrogens with zero attached hydrogens (tertiary/aromatic N) is 1. The lowest BCUT2D eigenvalue weighted by atomic mass is 9.94. The van der Waals surface area contributed by atoms with Gasteiger partial charge in [0.1, 0.15) is 11.0 Å². The van der Waals surface area contributed by atoms with E-state index in [1.54, 1.807) is 0 Å². The van der Waals surface area contributed by atoms with E-state index in [9.17, 15) is 9.18 Å². The van der Waals surface area contributed by atoms with Crippen LogP contribution in [0.5, 0.6) is 0 Å². The summed E-state index contributed by atoms with van der Waals surface area (Å²) in [7, 11) is 0. The van der Waals surface area contributed by atoms with Gasteiger partial charge in [0.25, 0.3) is 5.91 Å². The number of amides is 1. The average molecular weight is 287 g/mol. The summed E-state index contributed by atoms with van der Waals surface area (Å²) in [5.41, 5.74) is 5.39. The highest BCUT2D eigenvalue weighted by molar-refractivity contribution is 6.32. The molecule has 0 radical (unpaired) electrons. The van der Waals surface area contributed by atoms with Gasteiger partial charge < -0.3 is 5.73 Å². The molecule has 0 aliphatic heterocycles. The van der Waals surface area contributed by atoms with Crippen LogP contribution in [0.15, 0.2) is 6.07 Å². The predicted molar refractivity (Wildman–Crippen MR) is 74.9 cm³/mol. The summed E-state index contributed by atoms with van der Waals surface area (Å²) >= 11 is 5.88. The standard InChI is InChI=1S/C14H20ClFN2O/c1-3-5-6-7-9(4-2)12-11(16)8-10(14(17)19)13(15)18-12/h8-9H,3-7H2,1-2H3,(H2,17,19). The van der Waals surface area contributed by atoms with Gasteiger partial charge in [0, 0.05) is 5.92 Å².